The van der Waals surface area contributed by atoms with Crippen molar-refractivity contribution in [2.75, 3.05) is 5.32 Å². The molecule has 0 aliphatic carbocycles. The summed E-state index contributed by atoms with van der Waals surface area (Å²) in [6, 6.07) is 9.45. The van der Waals surface area contributed by atoms with Gasteiger partial charge in [0.05, 0.1) is 11.3 Å². The first-order valence-corrected chi connectivity index (χ1v) is 8.71. The maximum Gasteiger partial charge on any atom is 0.307 e. The van der Waals surface area contributed by atoms with Crippen LogP contribution in [0.15, 0.2) is 41.8 Å². The number of ether oxygens (including phenoxy) is 1. The number of primary amides is 1. The minimum atomic E-state index is -1.02. The van der Waals surface area contributed by atoms with Crippen molar-refractivity contribution in [1.29, 1.82) is 0 Å². The molecule has 136 valence electrons. The van der Waals surface area contributed by atoms with Crippen molar-refractivity contribution < 1.29 is 23.9 Å². The SMILES string of the molecule is CC(OC(=O)CCC(=O)c1cccs1)C(=O)Nc1ccc(C(N)=O)cc1. The molecule has 2 amide bonds. The molecule has 0 bridgehead atoms. The minimum Gasteiger partial charge on any atom is -0.453 e. The van der Waals surface area contributed by atoms with Gasteiger partial charge in [0.2, 0.25) is 5.91 Å². The number of thiophene rings is 1. The Balaban J connectivity index is 1.79. The van der Waals surface area contributed by atoms with Gasteiger partial charge >= 0.3 is 5.97 Å². The van der Waals surface area contributed by atoms with Crippen LogP contribution in [0.3, 0.4) is 0 Å². The molecule has 0 aliphatic heterocycles. The topological polar surface area (TPSA) is 116 Å². The largest absolute Gasteiger partial charge is 0.453 e. The van der Waals surface area contributed by atoms with Crippen LogP contribution in [-0.4, -0.2) is 29.7 Å². The number of carbonyl (C=O) groups is 4. The molecule has 2 aromatic rings. The average Bonchev–Trinajstić information content (AvgIpc) is 3.14. The predicted molar refractivity (Wildman–Crippen MR) is 97.0 cm³/mol. The van der Waals surface area contributed by atoms with Gasteiger partial charge in [0.25, 0.3) is 5.91 Å². The third-order valence-corrected chi connectivity index (χ3v) is 4.38. The fourth-order valence-corrected chi connectivity index (χ4v) is 2.74. The number of amides is 2. The smallest absolute Gasteiger partial charge is 0.307 e. The van der Waals surface area contributed by atoms with Crippen LogP contribution in [0.4, 0.5) is 5.69 Å². The number of hydrogen-bond acceptors (Lipinski definition) is 6. The van der Waals surface area contributed by atoms with Gasteiger partial charge in [0.15, 0.2) is 11.9 Å². The van der Waals surface area contributed by atoms with Crippen molar-refractivity contribution in [1.82, 2.24) is 0 Å². The van der Waals surface area contributed by atoms with Crippen LogP contribution in [0.2, 0.25) is 0 Å². The second-order valence-electron chi connectivity index (χ2n) is 5.46. The van der Waals surface area contributed by atoms with E-state index in [4.69, 9.17) is 10.5 Å². The zero-order valence-corrected chi connectivity index (χ0v) is 14.9. The third-order valence-electron chi connectivity index (χ3n) is 3.47. The maximum absolute atomic E-state index is 12.0. The lowest BCUT2D eigenvalue weighted by Gasteiger charge is -2.13. The lowest BCUT2D eigenvalue weighted by molar-refractivity contribution is -0.153. The molecule has 0 fully saturated rings. The van der Waals surface area contributed by atoms with Gasteiger partial charge in [-0.25, -0.2) is 0 Å². The molecule has 1 aromatic heterocycles. The molecular weight excluding hydrogens is 356 g/mol. The second kappa shape index (κ2) is 8.91. The molecule has 7 nitrogen and oxygen atoms in total. The van der Waals surface area contributed by atoms with Crippen molar-refractivity contribution in [2.45, 2.75) is 25.9 Å². The number of rotatable bonds is 8. The number of anilines is 1. The van der Waals surface area contributed by atoms with E-state index in [1.807, 2.05) is 0 Å². The summed E-state index contributed by atoms with van der Waals surface area (Å²) in [5.74, 6) is -1.85. The molecule has 0 radical (unpaired) electrons. The molecule has 1 unspecified atom stereocenters. The number of ketones is 1. The predicted octanol–water partition coefficient (Wildman–Crippen LogP) is 2.38. The maximum atomic E-state index is 12.0. The van der Waals surface area contributed by atoms with Gasteiger partial charge in [-0.3, -0.25) is 19.2 Å². The summed E-state index contributed by atoms with van der Waals surface area (Å²) in [5, 5.41) is 4.35. The second-order valence-corrected chi connectivity index (χ2v) is 6.41. The Labute approximate surface area is 154 Å². The summed E-state index contributed by atoms with van der Waals surface area (Å²) < 4.78 is 5.04. The Morgan fingerprint density at radius 1 is 1.12 bits per heavy atom. The molecule has 0 spiro atoms. The van der Waals surface area contributed by atoms with E-state index >= 15 is 0 Å². The first kappa shape index (κ1) is 19.3. The van der Waals surface area contributed by atoms with E-state index < -0.39 is 23.9 Å². The van der Waals surface area contributed by atoms with E-state index in [1.165, 1.54) is 42.5 Å². The zero-order chi connectivity index (χ0) is 19.1. The number of hydrogen-bond donors (Lipinski definition) is 2. The Hall–Kier alpha value is -3.00. The molecular formula is C18H18N2O5S. The van der Waals surface area contributed by atoms with E-state index in [9.17, 15) is 19.2 Å². The minimum absolute atomic E-state index is 0.0300. The first-order chi connectivity index (χ1) is 12.4. The van der Waals surface area contributed by atoms with Crippen molar-refractivity contribution in [3.63, 3.8) is 0 Å². The van der Waals surface area contributed by atoms with Crippen molar-refractivity contribution >= 4 is 40.6 Å². The monoisotopic (exact) mass is 374 g/mol. The highest BCUT2D eigenvalue weighted by atomic mass is 32.1. The number of Topliss-reactive ketones (excluding diaryl/α,β-unsaturated/α-hetero) is 1. The van der Waals surface area contributed by atoms with E-state index in [-0.39, 0.29) is 18.6 Å². The molecule has 1 aromatic carbocycles. The Morgan fingerprint density at radius 3 is 2.38 bits per heavy atom. The van der Waals surface area contributed by atoms with Gasteiger partial charge in [0, 0.05) is 17.7 Å². The first-order valence-electron chi connectivity index (χ1n) is 7.83. The van der Waals surface area contributed by atoms with Crippen LogP contribution in [0.1, 0.15) is 39.8 Å². The summed E-state index contributed by atoms with van der Waals surface area (Å²) in [6.07, 6.45) is -1.08. The number of benzene rings is 1. The molecule has 1 heterocycles. The number of carbonyl (C=O) groups excluding carboxylic acids is 4. The lowest BCUT2D eigenvalue weighted by atomic mass is 10.2. The fraction of sp³-hybridized carbons (Fsp3) is 0.222. The summed E-state index contributed by atoms with van der Waals surface area (Å²) in [7, 11) is 0. The third kappa shape index (κ3) is 5.52. The zero-order valence-electron chi connectivity index (χ0n) is 14.1. The summed E-state index contributed by atoms with van der Waals surface area (Å²) in [6.45, 7) is 1.44. The van der Waals surface area contributed by atoms with Crippen LogP contribution in [-0.2, 0) is 14.3 Å². The highest BCUT2D eigenvalue weighted by Crippen LogP contribution is 2.13. The standard InChI is InChI=1S/C18H18N2O5S/c1-11(18(24)20-13-6-4-12(5-7-13)17(19)23)25-16(22)9-8-14(21)15-3-2-10-26-15/h2-7,10-11H,8-9H2,1H3,(H2,19,23)(H,20,24). The van der Waals surface area contributed by atoms with Crippen LogP contribution in [0, 0.1) is 0 Å². The van der Waals surface area contributed by atoms with Gasteiger partial charge in [-0.15, -0.1) is 11.3 Å². The molecule has 1 atom stereocenters. The van der Waals surface area contributed by atoms with Crippen LogP contribution >= 0.6 is 11.3 Å². The van der Waals surface area contributed by atoms with Gasteiger partial charge in [-0.1, -0.05) is 6.07 Å². The Bertz CT molecular complexity index is 799. The van der Waals surface area contributed by atoms with Gasteiger partial charge < -0.3 is 15.8 Å². The molecule has 8 heteroatoms. The summed E-state index contributed by atoms with van der Waals surface area (Å²) >= 11 is 1.31. The molecule has 3 N–H and O–H groups in total. The van der Waals surface area contributed by atoms with Crippen LogP contribution in [0.5, 0.6) is 0 Å². The highest BCUT2D eigenvalue weighted by molar-refractivity contribution is 7.12. The van der Waals surface area contributed by atoms with E-state index in [2.05, 4.69) is 5.32 Å². The lowest BCUT2D eigenvalue weighted by Crippen LogP contribution is -2.30. The summed E-state index contributed by atoms with van der Waals surface area (Å²) in [4.78, 5) is 47.3. The van der Waals surface area contributed by atoms with E-state index in [0.29, 0.717) is 16.1 Å². The molecule has 2 rings (SSSR count). The van der Waals surface area contributed by atoms with E-state index in [0.717, 1.165) is 0 Å². The van der Waals surface area contributed by atoms with Gasteiger partial charge in [-0.05, 0) is 42.6 Å². The molecule has 0 aliphatic rings. The van der Waals surface area contributed by atoms with Gasteiger partial charge in [0.1, 0.15) is 0 Å². The van der Waals surface area contributed by atoms with Crippen molar-refractivity contribution in [3.8, 4) is 0 Å². The van der Waals surface area contributed by atoms with E-state index in [1.54, 1.807) is 17.5 Å². The van der Waals surface area contributed by atoms with Crippen molar-refractivity contribution in [2.24, 2.45) is 5.73 Å². The summed E-state index contributed by atoms with van der Waals surface area (Å²) in [5.41, 5.74) is 5.90. The van der Waals surface area contributed by atoms with Gasteiger partial charge in [-0.2, -0.15) is 0 Å². The van der Waals surface area contributed by atoms with Crippen molar-refractivity contribution in [3.05, 3.63) is 52.2 Å². The number of esters is 1. The quantitative estimate of drug-likeness (QED) is 0.544. The van der Waals surface area contributed by atoms with Crippen LogP contribution < -0.4 is 11.1 Å². The molecule has 26 heavy (non-hydrogen) atoms. The normalized spacial score (nSPS) is 11.4. The van der Waals surface area contributed by atoms with Crippen LogP contribution in [0.25, 0.3) is 0 Å². The Kier molecular flexibility index (Phi) is 6.62. The number of nitrogens with one attached hydrogen (secondary N) is 1. The number of nitrogens with two attached hydrogens (primary N) is 1. The Morgan fingerprint density at radius 2 is 1.81 bits per heavy atom. The molecule has 0 saturated heterocycles. The highest BCUT2D eigenvalue weighted by Gasteiger charge is 2.19. The fourth-order valence-electron chi connectivity index (χ4n) is 2.05. The average molecular weight is 374 g/mol. The molecule has 0 saturated carbocycles.